The number of halogens is 1. The predicted molar refractivity (Wildman–Crippen MR) is 72.8 cm³/mol. The molecule has 2 nitrogen and oxygen atoms in total. The summed E-state index contributed by atoms with van der Waals surface area (Å²) in [5, 5.41) is 0.101. The van der Waals surface area contributed by atoms with Crippen LogP contribution in [0.1, 0.15) is 34.8 Å². The monoisotopic (exact) mass is 253 g/mol. The molecule has 0 aliphatic carbocycles. The average Bonchev–Trinajstić information content (AvgIpc) is 2.25. The van der Waals surface area contributed by atoms with Gasteiger partial charge in [-0.1, -0.05) is 17.7 Å². The van der Waals surface area contributed by atoms with Crippen LogP contribution in [0.2, 0.25) is 0 Å². The molecule has 94 valence electrons. The van der Waals surface area contributed by atoms with Crippen LogP contribution in [0.25, 0.3) is 0 Å². The van der Waals surface area contributed by atoms with Gasteiger partial charge in [-0.3, -0.25) is 4.79 Å². The number of alkyl halides is 1. The zero-order chi connectivity index (χ0) is 13.0. The van der Waals surface area contributed by atoms with Gasteiger partial charge in [-0.05, 0) is 38.8 Å². The van der Waals surface area contributed by atoms with Crippen molar-refractivity contribution in [2.24, 2.45) is 0 Å². The molecule has 0 saturated carbocycles. The minimum absolute atomic E-state index is 0.0693. The summed E-state index contributed by atoms with van der Waals surface area (Å²) in [4.78, 5) is 13.9. The summed E-state index contributed by atoms with van der Waals surface area (Å²) >= 11 is 5.89. The fourth-order valence-corrected chi connectivity index (χ4v) is 1.83. The van der Waals surface area contributed by atoms with Crippen LogP contribution in [0.5, 0.6) is 0 Å². The molecule has 0 fully saturated rings. The molecule has 17 heavy (non-hydrogen) atoms. The maximum Gasteiger partial charge on any atom is 0.253 e. The van der Waals surface area contributed by atoms with E-state index in [-0.39, 0.29) is 11.3 Å². The summed E-state index contributed by atoms with van der Waals surface area (Å²) in [6, 6.07) is 5.90. The van der Waals surface area contributed by atoms with Crippen molar-refractivity contribution in [1.82, 2.24) is 4.90 Å². The number of carbonyl (C=O) groups is 1. The molecule has 0 N–H and O–H groups in total. The summed E-state index contributed by atoms with van der Waals surface area (Å²) in [6.45, 7) is 6.63. The Labute approximate surface area is 109 Å². The van der Waals surface area contributed by atoms with E-state index < -0.39 is 0 Å². The van der Waals surface area contributed by atoms with E-state index in [9.17, 15) is 4.79 Å². The quantitative estimate of drug-likeness (QED) is 0.754. The Hall–Kier alpha value is -1.02. The third-order valence-corrected chi connectivity index (χ3v) is 3.04. The van der Waals surface area contributed by atoms with Crippen molar-refractivity contribution >= 4 is 17.5 Å². The SMILES string of the molecule is Cc1ccc(C(=O)N(C)CCC(C)Cl)c(C)c1. The van der Waals surface area contributed by atoms with Gasteiger partial charge in [-0.2, -0.15) is 0 Å². The molecule has 0 radical (unpaired) electrons. The second kappa shape index (κ2) is 6.06. The Morgan fingerprint density at radius 3 is 2.59 bits per heavy atom. The van der Waals surface area contributed by atoms with Gasteiger partial charge < -0.3 is 4.90 Å². The van der Waals surface area contributed by atoms with Crippen molar-refractivity contribution in [2.75, 3.05) is 13.6 Å². The highest BCUT2D eigenvalue weighted by molar-refractivity contribution is 6.20. The maximum atomic E-state index is 12.2. The largest absolute Gasteiger partial charge is 0.342 e. The number of nitrogens with zero attached hydrogens (tertiary/aromatic N) is 1. The molecular formula is C14H20ClNO. The van der Waals surface area contributed by atoms with E-state index in [1.54, 1.807) is 4.90 Å². The van der Waals surface area contributed by atoms with Gasteiger partial charge in [0, 0.05) is 24.5 Å². The Morgan fingerprint density at radius 1 is 1.41 bits per heavy atom. The summed E-state index contributed by atoms with van der Waals surface area (Å²) in [7, 11) is 1.82. The van der Waals surface area contributed by atoms with Crippen LogP contribution in [0.4, 0.5) is 0 Å². The van der Waals surface area contributed by atoms with Crippen molar-refractivity contribution in [3.63, 3.8) is 0 Å². The molecule has 0 aliphatic rings. The van der Waals surface area contributed by atoms with E-state index in [4.69, 9.17) is 11.6 Å². The van der Waals surface area contributed by atoms with E-state index in [0.29, 0.717) is 6.54 Å². The fourth-order valence-electron chi connectivity index (χ4n) is 1.73. The molecule has 1 amide bonds. The lowest BCUT2D eigenvalue weighted by Gasteiger charge is -2.19. The Bertz CT molecular complexity index is 401. The van der Waals surface area contributed by atoms with Crippen LogP contribution in [-0.4, -0.2) is 29.8 Å². The minimum Gasteiger partial charge on any atom is -0.342 e. The number of benzene rings is 1. The van der Waals surface area contributed by atoms with Crippen LogP contribution in [0.15, 0.2) is 18.2 Å². The van der Waals surface area contributed by atoms with Gasteiger partial charge in [0.05, 0.1) is 0 Å². The van der Waals surface area contributed by atoms with E-state index in [0.717, 1.165) is 17.5 Å². The molecule has 1 aromatic rings. The highest BCUT2D eigenvalue weighted by Gasteiger charge is 2.14. The Kier molecular flexibility index (Phi) is 5.01. The van der Waals surface area contributed by atoms with Gasteiger partial charge in [0.15, 0.2) is 0 Å². The van der Waals surface area contributed by atoms with Crippen molar-refractivity contribution in [3.05, 3.63) is 34.9 Å². The van der Waals surface area contributed by atoms with E-state index in [2.05, 4.69) is 0 Å². The first-order valence-electron chi connectivity index (χ1n) is 5.88. The molecule has 0 bridgehead atoms. The van der Waals surface area contributed by atoms with Crippen molar-refractivity contribution in [2.45, 2.75) is 32.6 Å². The number of carbonyl (C=O) groups excluding carboxylic acids is 1. The molecule has 0 saturated heterocycles. The first-order valence-corrected chi connectivity index (χ1v) is 6.32. The topological polar surface area (TPSA) is 20.3 Å². The van der Waals surface area contributed by atoms with Crippen LogP contribution >= 0.6 is 11.6 Å². The molecular weight excluding hydrogens is 234 g/mol. The first-order chi connectivity index (χ1) is 7.91. The number of amides is 1. The maximum absolute atomic E-state index is 12.2. The molecule has 1 unspecified atom stereocenters. The average molecular weight is 254 g/mol. The Morgan fingerprint density at radius 2 is 2.06 bits per heavy atom. The van der Waals surface area contributed by atoms with Gasteiger partial charge in [0.1, 0.15) is 0 Å². The van der Waals surface area contributed by atoms with Crippen molar-refractivity contribution in [3.8, 4) is 0 Å². The number of hydrogen-bond acceptors (Lipinski definition) is 1. The molecule has 0 spiro atoms. The second-order valence-electron chi connectivity index (χ2n) is 4.61. The van der Waals surface area contributed by atoms with Crippen LogP contribution in [0.3, 0.4) is 0 Å². The van der Waals surface area contributed by atoms with E-state index in [1.165, 1.54) is 5.56 Å². The number of hydrogen-bond donors (Lipinski definition) is 0. The fraction of sp³-hybridized carbons (Fsp3) is 0.500. The lowest BCUT2D eigenvalue weighted by atomic mass is 10.0. The molecule has 0 heterocycles. The summed E-state index contributed by atoms with van der Waals surface area (Å²) in [6.07, 6.45) is 0.814. The molecule has 0 aromatic heterocycles. The third kappa shape index (κ3) is 4.04. The minimum atomic E-state index is 0.0693. The number of rotatable bonds is 4. The second-order valence-corrected chi connectivity index (χ2v) is 5.36. The van der Waals surface area contributed by atoms with Crippen LogP contribution < -0.4 is 0 Å². The standard InChI is InChI=1S/C14H20ClNO/c1-10-5-6-13(11(2)9-10)14(17)16(4)8-7-12(3)15/h5-6,9,12H,7-8H2,1-4H3. The lowest BCUT2D eigenvalue weighted by molar-refractivity contribution is 0.0793. The third-order valence-electron chi connectivity index (χ3n) is 2.82. The van der Waals surface area contributed by atoms with E-state index in [1.807, 2.05) is 46.0 Å². The predicted octanol–water partition coefficient (Wildman–Crippen LogP) is 3.39. The molecule has 0 aliphatic heterocycles. The molecule has 1 aromatic carbocycles. The molecule has 1 atom stereocenters. The highest BCUT2D eigenvalue weighted by Crippen LogP contribution is 2.13. The normalized spacial score (nSPS) is 12.3. The number of aryl methyl sites for hydroxylation is 2. The van der Waals surface area contributed by atoms with Crippen LogP contribution in [0, 0.1) is 13.8 Å². The smallest absolute Gasteiger partial charge is 0.253 e. The zero-order valence-electron chi connectivity index (χ0n) is 11.0. The van der Waals surface area contributed by atoms with Gasteiger partial charge in [-0.25, -0.2) is 0 Å². The molecule has 3 heteroatoms. The highest BCUT2D eigenvalue weighted by atomic mass is 35.5. The van der Waals surface area contributed by atoms with Gasteiger partial charge in [-0.15, -0.1) is 11.6 Å². The molecule has 1 rings (SSSR count). The van der Waals surface area contributed by atoms with Crippen molar-refractivity contribution in [1.29, 1.82) is 0 Å². The van der Waals surface area contributed by atoms with Gasteiger partial charge >= 0.3 is 0 Å². The van der Waals surface area contributed by atoms with Crippen LogP contribution in [-0.2, 0) is 0 Å². The van der Waals surface area contributed by atoms with Crippen molar-refractivity contribution < 1.29 is 4.79 Å². The van der Waals surface area contributed by atoms with Gasteiger partial charge in [0.25, 0.3) is 5.91 Å². The zero-order valence-corrected chi connectivity index (χ0v) is 11.7. The summed E-state index contributed by atoms with van der Waals surface area (Å²) < 4.78 is 0. The Balaban J connectivity index is 2.75. The first kappa shape index (κ1) is 14.0. The summed E-state index contributed by atoms with van der Waals surface area (Å²) in [5.41, 5.74) is 2.98. The van der Waals surface area contributed by atoms with E-state index >= 15 is 0 Å². The van der Waals surface area contributed by atoms with Gasteiger partial charge in [0.2, 0.25) is 0 Å². The lowest BCUT2D eigenvalue weighted by Crippen LogP contribution is -2.29. The summed E-state index contributed by atoms with van der Waals surface area (Å²) in [5.74, 6) is 0.0693.